The maximum Gasteiger partial charge on any atom is 0.256 e. The van der Waals surface area contributed by atoms with Gasteiger partial charge in [0.05, 0.1) is 17.3 Å². The SMILES string of the molecule is CS(=O)(=O)c1ccc(C(=O)Nc2cncc(Cl)n2)cc1. The van der Waals surface area contributed by atoms with Gasteiger partial charge in [0.25, 0.3) is 5.91 Å². The number of carbonyl (C=O) groups excluding carboxylic acids is 1. The lowest BCUT2D eigenvalue weighted by molar-refractivity contribution is 0.102. The third kappa shape index (κ3) is 3.52. The Morgan fingerprint density at radius 2 is 1.85 bits per heavy atom. The number of hydrogen-bond donors (Lipinski definition) is 1. The lowest BCUT2D eigenvalue weighted by Gasteiger charge is -2.05. The fourth-order valence-electron chi connectivity index (χ4n) is 1.44. The van der Waals surface area contributed by atoms with Crippen LogP contribution < -0.4 is 5.32 Å². The highest BCUT2D eigenvalue weighted by molar-refractivity contribution is 7.90. The van der Waals surface area contributed by atoms with E-state index in [-0.39, 0.29) is 15.9 Å². The molecule has 1 aromatic heterocycles. The molecule has 1 aromatic carbocycles. The number of rotatable bonds is 3. The Balaban J connectivity index is 2.18. The average molecular weight is 312 g/mol. The van der Waals surface area contributed by atoms with Crippen LogP contribution in [0.4, 0.5) is 5.82 Å². The third-order valence-electron chi connectivity index (χ3n) is 2.39. The first-order chi connectivity index (χ1) is 9.36. The molecule has 0 fully saturated rings. The van der Waals surface area contributed by atoms with Crippen LogP contribution in [0.15, 0.2) is 41.6 Å². The van der Waals surface area contributed by atoms with Crippen LogP contribution in [0.25, 0.3) is 0 Å². The molecule has 0 spiro atoms. The number of aromatic nitrogens is 2. The van der Waals surface area contributed by atoms with E-state index in [9.17, 15) is 13.2 Å². The molecule has 8 heteroatoms. The first kappa shape index (κ1) is 14.4. The Kier molecular flexibility index (Phi) is 4.01. The number of halogens is 1. The monoisotopic (exact) mass is 311 g/mol. The standard InChI is InChI=1S/C12H10ClN3O3S/c1-20(18,19)9-4-2-8(3-5-9)12(17)16-11-7-14-6-10(13)15-11/h2-7H,1H3,(H,15,16,17). The molecule has 1 heterocycles. The zero-order valence-electron chi connectivity index (χ0n) is 10.4. The summed E-state index contributed by atoms with van der Waals surface area (Å²) in [6, 6.07) is 5.58. The van der Waals surface area contributed by atoms with Crippen LogP contribution in [-0.2, 0) is 9.84 Å². The molecule has 0 saturated heterocycles. The van der Waals surface area contributed by atoms with Crippen LogP contribution in [0, 0.1) is 0 Å². The van der Waals surface area contributed by atoms with Crippen molar-refractivity contribution in [3.05, 3.63) is 47.4 Å². The summed E-state index contributed by atoms with van der Waals surface area (Å²) in [6.45, 7) is 0. The number of sulfone groups is 1. The predicted molar refractivity (Wildman–Crippen MR) is 74.5 cm³/mol. The smallest absolute Gasteiger partial charge is 0.256 e. The van der Waals surface area contributed by atoms with Crippen LogP contribution in [0.2, 0.25) is 5.15 Å². The van der Waals surface area contributed by atoms with E-state index in [2.05, 4.69) is 15.3 Å². The van der Waals surface area contributed by atoms with Gasteiger partial charge in [0.15, 0.2) is 15.7 Å². The molecule has 0 aliphatic carbocycles. The number of benzene rings is 1. The van der Waals surface area contributed by atoms with Gasteiger partial charge in [-0.05, 0) is 24.3 Å². The number of amides is 1. The highest BCUT2D eigenvalue weighted by Gasteiger charge is 2.10. The van der Waals surface area contributed by atoms with Gasteiger partial charge in [-0.1, -0.05) is 11.6 Å². The molecule has 2 aromatic rings. The Morgan fingerprint density at radius 3 is 2.40 bits per heavy atom. The number of nitrogens with zero attached hydrogens (tertiary/aromatic N) is 2. The molecule has 0 aliphatic rings. The molecule has 20 heavy (non-hydrogen) atoms. The lowest BCUT2D eigenvalue weighted by Crippen LogP contribution is -2.13. The molecule has 0 atom stereocenters. The fraction of sp³-hybridized carbons (Fsp3) is 0.0833. The van der Waals surface area contributed by atoms with Crippen molar-refractivity contribution in [3.63, 3.8) is 0 Å². The molecule has 0 radical (unpaired) electrons. The van der Waals surface area contributed by atoms with Crippen molar-refractivity contribution in [1.82, 2.24) is 9.97 Å². The highest BCUT2D eigenvalue weighted by Crippen LogP contribution is 2.12. The minimum Gasteiger partial charge on any atom is -0.305 e. The third-order valence-corrected chi connectivity index (χ3v) is 3.70. The molecule has 1 amide bonds. The van der Waals surface area contributed by atoms with Crippen molar-refractivity contribution < 1.29 is 13.2 Å². The van der Waals surface area contributed by atoms with E-state index in [0.717, 1.165) is 6.26 Å². The molecule has 0 aliphatic heterocycles. The van der Waals surface area contributed by atoms with E-state index in [0.29, 0.717) is 5.56 Å². The van der Waals surface area contributed by atoms with Crippen molar-refractivity contribution in [2.45, 2.75) is 4.90 Å². The van der Waals surface area contributed by atoms with Gasteiger partial charge in [-0.15, -0.1) is 0 Å². The lowest BCUT2D eigenvalue weighted by atomic mass is 10.2. The summed E-state index contributed by atoms with van der Waals surface area (Å²) in [5.74, 6) is -0.212. The van der Waals surface area contributed by atoms with Crippen LogP contribution in [0.3, 0.4) is 0 Å². The first-order valence-electron chi connectivity index (χ1n) is 5.45. The van der Waals surface area contributed by atoms with E-state index in [4.69, 9.17) is 11.6 Å². The van der Waals surface area contributed by atoms with Crippen molar-refractivity contribution >= 4 is 33.2 Å². The summed E-state index contributed by atoms with van der Waals surface area (Å²) >= 11 is 5.65. The molecule has 2 rings (SSSR count). The fourth-order valence-corrected chi connectivity index (χ4v) is 2.22. The van der Waals surface area contributed by atoms with Crippen molar-refractivity contribution in [1.29, 1.82) is 0 Å². The summed E-state index contributed by atoms with van der Waals surface area (Å²) in [5, 5.41) is 2.67. The van der Waals surface area contributed by atoms with Crippen LogP contribution in [0.1, 0.15) is 10.4 Å². The number of hydrogen-bond acceptors (Lipinski definition) is 5. The summed E-state index contributed by atoms with van der Waals surface area (Å²) in [4.78, 5) is 19.7. The second-order valence-electron chi connectivity index (χ2n) is 3.98. The molecule has 0 saturated carbocycles. The summed E-state index contributed by atoms with van der Waals surface area (Å²) in [5.41, 5.74) is 0.305. The van der Waals surface area contributed by atoms with Gasteiger partial charge in [0.1, 0.15) is 5.15 Å². The quantitative estimate of drug-likeness (QED) is 0.933. The van der Waals surface area contributed by atoms with Crippen LogP contribution >= 0.6 is 11.6 Å². The average Bonchev–Trinajstić information content (AvgIpc) is 2.38. The molecular formula is C12H10ClN3O3S. The van der Waals surface area contributed by atoms with Crippen molar-refractivity contribution in [2.24, 2.45) is 0 Å². The van der Waals surface area contributed by atoms with Crippen LogP contribution in [0.5, 0.6) is 0 Å². The zero-order chi connectivity index (χ0) is 14.8. The van der Waals surface area contributed by atoms with Crippen LogP contribution in [-0.4, -0.2) is 30.5 Å². The van der Waals surface area contributed by atoms with E-state index in [1.54, 1.807) is 0 Å². The predicted octanol–water partition coefficient (Wildman–Crippen LogP) is 1.79. The van der Waals surface area contributed by atoms with E-state index in [1.165, 1.54) is 36.7 Å². The van der Waals surface area contributed by atoms with Gasteiger partial charge in [-0.3, -0.25) is 9.78 Å². The molecular weight excluding hydrogens is 302 g/mol. The number of carbonyl (C=O) groups is 1. The molecule has 1 N–H and O–H groups in total. The minimum atomic E-state index is -3.28. The maximum atomic E-state index is 11.9. The maximum absolute atomic E-state index is 11.9. The van der Waals surface area contributed by atoms with Gasteiger partial charge >= 0.3 is 0 Å². The topological polar surface area (TPSA) is 89.0 Å². The largest absolute Gasteiger partial charge is 0.305 e. The van der Waals surface area contributed by atoms with Gasteiger partial charge in [0.2, 0.25) is 0 Å². The molecule has 104 valence electrons. The second kappa shape index (κ2) is 5.56. The minimum absolute atomic E-state index is 0.150. The molecule has 0 bridgehead atoms. The normalized spacial score (nSPS) is 11.1. The Bertz CT molecular complexity index is 745. The number of nitrogens with one attached hydrogen (secondary N) is 1. The van der Waals surface area contributed by atoms with E-state index >= 15 is 0 Å². The van der Waals surface area contributed by atoms with E-state index < -0.39 is 15.7 Å². The summed E-state index contributed by atoms with van der Waals surface area (Å²) < 4.78 is 22.6. The Hall–Kier alpha value is -1.99. The summed E-state index contributed by atoms with van der Waals surface area (Å²) in [7, 11) is -3.28. The second-order valence-corrected chi connectivity index (χ2v) is 6.38. The van der Waals surface area contributed by atoms with Gasteiger partial charge < -0.3 is 5.32 Å². The van der Waals surface area contributed by atoms with Gasteiger partial charge in [-0.2, -0.15) is 0 Å². The van der Waals surface area contributed by atoms with Crippen molar-refractivity contribution in [3.8, 4) is 0 Å². The number of anilines is 1. The summed E-state index contributed by atoms with van der Waals surface area (Å²) in [6.07, 6.45) is 3.80. The van der Waals surface area contributed by atoms with E-state index in [1.807, 2.05) is 0 Å². The Labute approximate surface area is 120 Å². The highest BCUT2D eigenvalue weighted by atomic mass is 35.5. The van der Waals surface area contributed by atoms with Gasteiger partial charge in [-0.25, -0.2) is 13.4 Å². The van der Waals surface area contributed by atoms with Gasteiger partial charge in [0, 0.05) is 11.8 Å². The molecule has 6 nitrogen and oxygen atoms in total. The first-order valence-corrected chi connectivity index (χ1v) is 7.72. The van der Waals surface area contributed by atoms with Crippen molar-refractivity contribution in [2.75, 3.05) is 11.6 Å². The Morgan fingerprint density at radius 1 is 1.20 bits per heavy atom. The molecule has 0 unspecified atom stereocenters. The zero-order valence-corrected chi connectivity index (χ0v) is 11.9.